The maximum Gasteiger partial charge on any atom is 0.227 e. The highest BCUT2D eigenvalue weighted by Gasteiger charge is 2.42. The van der Waals surface area contributed by atoms with Crippen molar-refractivity contribution in [2.75, 3.05) is 26.7 Å². The van der Waals surface area contributed by atoms with Crippen molar-refractivity contribution in [1.82, 2.24) is 15.4 Å². The van der Waals surface area contributed by atoms with Crippen molar-refractivity contribution in [3.05, 3.63) is 41.7 Å². The largest absolute Gasteiger partial charge is 0.361 e. The number of nitrogens with one attached hydrogen (secondary N) is 1. The number of benzene rings is 1. The molecule has 0 bridgehead atoms. The summed E-state index contributed by atoms with van der Waals surface area (Å²) in [5.74, 6) is 0.895. The van der Waals surface area contributed by atoms with Crippen LogP contribution in [0.15, 0.2) is 34.9 Å². The second kappa shape index (κ2) is 7.40. The van der Waals surface area contributed by atoms with E-state index in [1.54, 1.807) is 0 Å². The van der Waals surface area contributed by atoms with Gasteiger partial charge in [-0.25, -0.2) is 0 Å². The van der Waals surface area contributed by atoms with Gasteiger partial charge < -0.3 is 14.7 Å². The molecule has 1 aliphatic rings. The van der Waals surface area contributed by atoms with E-state index in [1.807, 2.05) is 25.1 Å². The number of aryl methyl sites for hydroxylation is 1. The first-order valence-electron chi connectivity index (χ1n) is 9.02. The van der Waals surface area contributed by atoms with Gasteiger partial charge in [0.25, 0.3) is 0 Å². The van der Waals surface area contributed by atoms with E-state index < -0.39 is 5.41 Å². The van der Waals surface area contributed by atoms with Gasteiger partial charge in [0.1, 0.15) is 11.5 Å². The van der Waals surface area contributed by atoms with Crippen LogP contribution in [0.5, 0.6) is 0 Å². The lowest BCUT2D eigenvalue weighted by atomic mass is 9.75. The monoisotopic (exact) mass is 341 g/mol. The third-order valence-corrected chi connectivity index (χ3v) is 5.01. The van der Waals surface area contributed by atoms with Crippen LogP contribution in [0.25, 0.3) is 11.3 Å². The Labute approximate surface area is 149 Å². The Kier molecular flexibility index (Phi) is 5.23. The van der Waals surface area contributed by atoms with Gasteiger partial charge in [-0.15, -0.1) is 0 Å². The van der Waals surface area contributed by atoms with Crippen molar-refractivity contribution >= 4 is 5.91 Å². The highest BCUT2D eigenvalue weighted by atomic mass is 16.5. The van der Waals surface area contributed by atoms with E-state index in [9.17, 15) is 4.79 Å². The maximum atomic E-state index is 12.8. The van der Waals surface area contributed by atoms with Crippen LogP contribution in [0.4, 0.5) is 0 Å². The molecule has 0 unspecified atom stereocenters. The third kappa shape index (κ3) is 3.93. The number of hydrogen-bond donors (Lipinski definition) is 1. The Hall–Kier alpha value is -2.14. The predicted octanol–water partition coefficient (Wildman–Crippen LogP) is 3.04. The molecular weight excluding hydrogens is 314 g/mol. The van der Waals surface area contributed by atoms with Crippen molar-refractivity contribution in [2.24, 2.45) is 5.41 Å². The summed E-state index contributed by atoms with van der Waals surface area (Å²) in [7, 11) is 2.07. The first-order valence-corrected chi connectivity index (χ1v) is 9.02. The van der Waals surface area contributed by atoms with Crippen LogP contribution in [-0.2, 0) is 11.2 Å². The Morgan fingerprint density at radius 1 is 1.36 bits per heavy atom. The molecule has 0 radical (unpaired) electrons. The Bertz CT molecular complexity index is 723. The molecule has 1 fully saturated rings. The molecule has 1 atom stereocenters. The normalized spacial score (nSPS) is 21.2. The van der Waals surface area contributed by atoms with Crippen molar-refractivity contribution in [2.45, 2.75) is 33.1 Å². The minimum absolute atomic E-state index is 0.120. The lowest BCUT2D eigenvalue weighted by Crippen LogP contribution is -2.52. The number of carbonyl (C=O) groups excluding carboxylic acids is 1. The smallest absolute Gasteiger partial charge is 0.227 e. The van der Waals surface area contributed by atoms with Crippen molar-refractivity contribution in [3.63, 3.8) is 0 Å². The van der Waals surface area contributed by atoms with Gasteiger partial charge in [-0.1, -0.05) is 35.0 Å². The first kappa shape index (κ1) is 17.7. The van der Waals surface area contributed by atoms with Crippen LogP contribution in [0.3, 0.4) is 0 Å². The number of likely N-dealkylation sites (tertiary alicyclic amines) is 1. The van der Waals surface area contributed by atoms with Gasteiger partial charge in [0.05, 0.1) is 5.41 Å². The Morgan fingerprint density at radius 3 is 2.80 bits per heavy atom. The van der Waals surface area contributed by atoms with Crippen LogP contribution in [0.2, 0.25) is 0 Å². The summed E-state index contributed by atoms with van der Waals surface area (Å²) in [6, 6.07) is 10.2. The number of hydrogen-bond acceptors (Lipinski definition) is 4. The summed E-state index contributed by atoms with van der Waals surface area (Å²) in [5.41, 5.74) is 2.64. The fraction of sp³-hybridized carbons (Fsp3) is 0.500. The second-order valence-electron chi connectivity index (χ2n) is 7.20. The van der Waals surface area contributed by atoms with Gasteiger partial charge in [0, 0.05) is 31.1 Å². The lowest BCUT2D eigenvalue weighted by Gasteiger charge is -2.39. The van der Waals surface area contributed by atoms with E-state index in [2.05, 4.69) is 41.5 Å². The van der Waals surface area contributed by atoms with Crippen LogP contribution >= 0.6 is 0 Å². The molecule has 1 aliphatic heterocycles. The Morgan fingerprint density at radius 2 is 2.12 bits per heavy atom. The molecule has 1 amide bonds. The predicted molar refractivity (Wildman–Crippen MR) is 98.2 cm³/mol. The van der Waals surface area contributed by atoms with E-state index in [0.717, 1.165) is 42.9 Å². The molecule has 25 heavy (non-hydrogen) atoms. The van der Waals surface area contributed by atoms with Gasteiger partial charge >= 0.3 is 0 Å². The van der Waals surface area contributed by atoms with Crippen molar-refractivity contribution < 1.29 is 9.32 Å². The van der Waals surface area contributed by atoms with Crippen LogP contribution in [0.1, 0.15) is 31.1 Å². The molecule has 2 aromatic rings. The standard InChI is InChI=1S/C20H27N3O2/c1-4-21-19(24)20(10-5-11-23(3)14-20)13-17-12-18(22-25-17)16-8-6-15(2)7-9-16/h6-9,12H,4-5,10-11,13-14H2,1-3H3,(H,21,24)/t20-/m1/s1. The second-order valence-corrected chi connectivity index (χ2v) is 7.20. The zero-order chi connectivity index (χ0) is 17.9. The van der Waals surface area contributed by atoms with Gasteiger partial charge in [-0.05, 0) is 40.3 Å². The molecule has 5 nitrogen and oxygen atoms in total. The van der Waals surface area contributed by atoms with E-state index in [0.29, 0.717) is 13.0 Å². The highest BCUT2D eigenvalue weighted by molar-refractivity contribution is 5.83. The van der Waals surface area contributed by atoms with Crippen molar-refractivity contribution in [3.8, 4) is 11.3 Å². The molecule has 3 rings (SSSR count). The average Bonchev–Trinajstić information content (AvgIpc) is 3.04. The van der Waals surface area contributed by atoms with Crippen LogP contribution in [-0.4, -0.2) is 42.6 Å². The van der Waals surface area contributed by atoms with Gasteiger partial charge in [-0.3, -0.25) is 4.79 Å². The molecule has 1 saturated heterocycles. The van der Waals surface area contributed by atoms with Gasteiger partial charge in [0.15, 0.2) is 0 Å². The molecule has 134 valence electrons. The number of rotatable bonds is 5. The molecule has 2 heterocycles. The molecule has 0 saturated carbocycles. The maximum absolute atomic E-state index is 12.8. The molecular formula is C20H27N3O2. The molecule has 5 heteroatoms. The van der Waals surface area contributed by atoms with Gasteiger partial charge in [-0.2, -0.15) is 0 Å². The van der Waals surface area contributed by atoms with Crippen LogP contribution < -0.4 is 5.32 Å². The molecule has 0 spiro atoms. The summed E-state index contributed by atoms with van der Waals surface area (Å²) in [6.45, 7) is 6.46. The summed E-state index contributed by atoms with van der Waals surface area (Å²) >= 11 is 0. The molecule has 0 aliphatic carbocycles. The average molecular weight is 341 g/mol. The number of nitrogens with zero attached hydrogens (tertiary/aromatic N) is 2. The topological polar surface area (TPSA) is 58.4 Å². The molecule has 1 aromatic carbocycles. The minimum Gasteiger partial charge on any atom is -0.361 e. The summed E-state index contributed by atoms with van der Waals surface area (Å²) in [4.78, 5) is 15.0. The zero-order valence-electron chi connectivity index (χ0n) is 15.3. The van der Waals surface area contributed by atoms with E-state index in [1.165, 1.54) is 5.56 Å². The fourth-order valence-corrected chi connectivity index (χ4v) is 3.71. The summed E-state index contributed by atoms with van der Waals surface area (Å²) in [6.07, 6.45) is 2.48. The molecule has 1 aromatic heterocycles. The number of aromatic nitrogens is 1. The first-order chi connectivity index (χ1) is 12.0. The Balaban J connectivity index is 1.82. The van der Waals surface area contributed by atoms with Crippen molar-refractivity contribution in [1.29, 1.82) is 0 Å². The number of amides is 1. The van der Waals surface area contributed by atoms with E-state index >= 15 is 0 Å². The third-order valence-electron chi connectivity index (χ3n) is 5.01. The zero-order valence-corrected chi connectivity index (χ0v) is 15.3. The van der Waals surface area contributed by atoms with E-state index in [-0.39, 0.29) is 5.91 Å². The lowest BCUT2D eigenvalue weighted by molar-refractivity contribution is -0.134. The van der Waals surface area contributed by atoms with Gasteiger partial charge in [0.2, 0.25) is 5.91 Å². The number of carbonyl (C=O) groups is 1. The fourth-order valence-electron chi connectivity index (χ4n) is 3.71. The van der Waals surface area contributed by atoms with E-state index in [4.69, 9.17) is 4.52 Å². The molecule has 1 N–H and O–H groups in total. The SMILES string of the molecule is CCNC(=O)[C@@]1(Cc2cc(-c3ccc(C)cc3)no2)CCCN(C)C1. The minimum atomic E-state index is -0.437. The quantitative estimate of drug-likeness (QED) is 0.908. The summed E-state index contributed by atoms with van der Waals surface area (Å²) < 4.78 is 5.59. The summed E-state index contributed by atoms with van der Waals surface area (Å²) in [5, 5.41) is 7.23. The highest BCUT2D eigenvalue weighted by Crippen LogP contribution is 2.34. The number of piperidine rings is 1. The van der Waals surface area contributed by atoms with Crippen LogP contribution in [0, 0.1) is 12.3 Å².